The van der Waals surface area contributed by atoms with E-state index in [1.54, 1.807) is 0 Å². The smallest absolute Gasteiger partial charge is 0.0773 e. The van der Waals surface area contributed by atoms with E-state index in [1.807, 2.05) is 4.90 Å². The topological polar surface area (TPSA) is 4.44 Å². The molecule has 0 saturated carbocycles. The zero-order valence-electron chi connectivity index (χ0n) is 12.6. The Balaban J connectivity index is 0.00000289. The molecule has 1 rings (SSSR count). The van der Waals surface area contributed by atoms with E-state index in [9.17, 15) is 0 Å². The van der Waals surface area contributed by atoms with Gasteiger partial charge in [0.1, 0.15) is 0 Å². The molecule has 18 heavy (non-hydrogen) atoms. The van der Waals surface area contributed by atoms with Crippen LogP contribution in [0, 0.1) is 5.92 Å². The van der Waals surface area contributed by atoms with Gasteiger partial charge in [-0.1, -0.05) is 52.4 Å². The van der Waals surface area contributed by atoms with Crippen LogP contribution < -0.4 is 17.3 Å². The molecule has 1 fully saturated rings. The molecule has 0 unspecified atom stereocenters. The highest BCUT2D eigenvalue weighted by atomic mass is 35.5. The Morgan fingerprint density at radius 2 is 1.44 bits per heavy atom. The largest absolute Gasteiger partial charge is 1.00 e. The SMILES string of the molecule is CCCCCCC[NH+]1CCC(CCCC)CC1.[Cl-]. The molecule has 2 heteroatoms. The van der Waals surface area contributed by atoms with Gasteiger partial charge in [-0.15, -0.1) is 0 Å². The van der Waals surface area contributed by atoms with E-state index in [0.717, 1.165) is 5.92 Å². The third kappa shape index (κ3) is 8.37. The van der Waals surface area contributed by atoms with Crippen LogP contribution in [-0.4, -0.2) is 19.6 Å². The molecular formula is C16H34ClN. The van der Waals surface area contributed by atoms with Gasteiger partial charge in [0.2, 0.25) is 0 Å². The van der Waals surface area contributed by atoms with E-state index < -0.39 is 0 Å². The monoisotopic (exact) mass is 275 g/mol. The predicted octanol–water partition coefficient (Wildman–Crippen LogP) is 0.446. The second-order valence-electron chi connectivity index (χ2n) is 6.00. The van der Waals surface area contributed by atoms with Crippen molar-refractivity contribution in [3.63, 3.8) is 0 Å². The lowest BCUT2D eigenvalue weighted by Gasteiger charge is -2.29. The maximum absolute atomic E-state index is 2.32. The van der Waals surface area contributed by atoms with Gasteiger partial charge in [-0.3, -0.25) is 0 Å². The zero-order valence-corrected chi connectivity index (χ0v) is 13.4. The van der Waals surface area contributed by atoms with Crippen LogP contribution in [0.5, 0.6) is 0 Å². The molecule has 0 amide bonds. The summed E-state index contributed by atoms with van der Waals surface area (Å²) in [5.41, 5.74) is 0. The van der Waals surface area contributed by atoms with Gasteiger partial charge < -0.3 is 17.3 Å². The Bertz CT molecular complexity index is 162. The van der Waals surface area contributed by atoms with Gasteiger partial charge in [0, 0.05) is 0 Å². The summed E-state index contributed by atoms with van der Waals surface area (Å²) in [5.74, 6) is 1.07. The molecule has 1 N–H and O–H groups in total. The van der Waals surface area contributed by atoms with Crippen LogP contribution in [0.15, 0.2) is 0 Å². The van der Waals surface area contributed by atoms with Crippen molar-refractivity contribution in [1.82, 2.24) is 0 Å². The number of halogens is 1. The molecule has 0 atom stereocenters. The minimum absolute atomic E-state index is 0. The molecule has 0 bridgehead atoms. The van der Waals surface area contributed by atoms with Crippen LogP contribution in [0.4, 0.5) is 0 Å². The van der Waals surface area contributed by atoms with Crippen molar-refractivity contribution in [2.24, 2.45) is 5.92 Å². The Kier molecular flexibility index (Phi) is 12.5. The number of quaternary nitrogens is 1. The van der Waals surface area contributed by atoms with Crippen LogP contribution in [0.1, 0.15) is 78.1 Å². The van der Waals surface area contributed by atoms with Gasteiger partial charge in [0.05, 0.1) is 19.6 Å². The summed E-state index contributed by atoms with van der Waals surface area (Å²) in [6, 6.07) is 0. The van der Waals surface area contributed by atoms with Crippen molar-refractivity contribution >= 4 is 0 Å². The van der Waals surface area contributed by atoms with Crippen LogP contribution >= 0.6 is 0 Å². The fourth-order valence-corrected chi connectivity index (χ4v) is 3.10. The summed E-state index contributed by atoms with van der Waals surface area (Å²) in [6.07, 6.45) is 14.6. The third-order valence-electron chi connectivity index (χ3n) is 4.41. The Labute approximate surface area is 121 Å². The van der Waals surface area contributed by atoms with E-state index in [2.05, 4.69) is 13.8 Å². The summed E-state index contributed by atoms with van der Waals surface area (Å²) in [6.45, 7) is 8.98. The molecule has 1 nitrogen and oxygen atoms in total. The average Bonchev–Trinajstić information content (AvgIpc) is 2.37. The summed E-state index contributed by atoms with van der Waals surface area (Å²) >= 11 is 0. The maximum Gasteiger partial charge on any atom is 0.0773 e. The minimum Gasteiger partial charge on any atom is -1.00 e. The van der Waals surface area contributed by atoms with E-state index in [-0.39, 0.29) is 12.4 Å². The number of unbranched alkanes of at least 4 members (excludes halogenated alkanes) is 5. The van der Waals surface area contributed by atoms with Crippen LogP contribution in [0.3, 0.4) is 0 Å². The van der Waals surface area contributed by atoms with Crippen molar-refractivity contribution in [2.45, 2.75) is 78.1 Å². The van der Waals surface area contributed by atoms with Gasteiger partial charge in [0.25, 0.3) is 0 Å². The predicted molar refractivity (Wildman–Crippen MR) is 76.6 cm³/mol. The van der Waals surface area contributed by atoms with Crippen LogP contribution in [-0.2, 0) is 0 Å². The molecule has 110 valence electrons. The van der Waals surface area contributed by atoms with E-state index in [1.165, 1.54) is 83.8 Å². The van der Waals surface area contributed by atoms with Crippen LogP contribution in [0.25, 0.3) is 0 Å². The number of hydrogen-bond donors (Lipinski definition) is 1. The van der Waals surface area contributed by atoms with Gasteiger partial charge in [-0.25, -0.2) is 0 Å². The van der Waals surface area contributed by atoms with Gasteiger partial charge in [0.15, 0.2) is 0 Å². The van der Waals surface area contributed by atoms with E-state index >= 15 is 0 Å². The molecule has 1 saturated heterocycles. The fraction of sp³-hybridized carbons (Fsp3) is 1.00. The standard InChI is InChI=1S/C16H33N.ClH/c1-3-5-7-8-9-13-17-14-11-16(12-15-17)10-6-4-2;/h16H,3-15H2,1-2H3;1H. The van der Waals surface area contributed by atoms with Crippen molar-refractivity contribution in [3.8, 4) is 0 Å². The maximum atomic E-state index is 2.32. The minimum atomic E-state index is 0. The molecule has 1 aliphatic rings. The summed E-state index contributed by atoms with van der Waals surface area (Å²) in [7, 11) is 0. The highest BCUT2D eigenvalue weighted by Gasteiger charge is 2.20. The molecule has 0 spiro atoms. The summed E-state index contributed by atoms with van der Waals surface area (Å²) in [4.78, 5) is 1.90. The number of nitrogens with one attached hydrogen (secondary N) is 1. The molecule has 1 heterocycles. The third-order valence-corrected chi connectivity index (χ3v) is 4.41. The van der Waals surface area contributed by atoms with E-state index in [4.69, 9.17) is 0 Å². The number of hydrogen-bond acceptors (Lipinski definition) is 0. The van der Waals surface area contributed by atoms with Crippen molar-refractivity contribution in [2.75, 3.05) is 19.6 Å². The molecular weight excluding hydrogens is 242 g/mol. The molecule has 0 aromatic heterocycles. The second kappa shape index (κ2) is 12.3. The van der Waals surface area contributed by atoms with Gasteiger partial charge >= 0.3 is 0 Å². The lowest BCUT2D eigenvalue weighted by atomic mass is 9.91. The molecule has 0 aromatic rings. The Morgan fingerprint density at radius 1 is 0.833 bits per heavy atom. The first-order valence-electron chi connectivity index (χ1n) is 8.20. The normalized spacial score (nSPS) is 23.7. The van der Waals surface area contributed by atoms with E-state index in [0.29, 0.717) is 0 Å². The van der Waals surface area contributed by atoms with Crippen molar-refractivity contribution in [1.29, 1.82) is 0 Å². The first kappa shape index (κ1) is 18.2. The lowest BCUT2D eigenvalue weighted by Crippen LogP contribution is -3.13. The van der Waals surface area contributed by atoms with Crippen LogP contribution in [0.2, 0.25) is 0 Å². The number of likely N-dealkylation sites (tertiary alicyclic amines) is 1. The van der Waals surface area contributed by atoms with Crippen molar-refractivity contribution in [3.05, 3.63) is 0 Å². The average molecular weight is 276 g/mol. The molecule has 1 aliphatic heterocycles. The quantitative estimate of drug-likeness (QED) is 0.583. The molecule has 0 aromatic carbocycles. The zero-order chi connectivity index (χ0) is 12.3. The summed E-state index contributed by atoms with van der Waals surface area (Å²) < 4.78 is 0. The highest BCUT2D eigenvalue weighted by molar-refractivity contribution is 4.62. The fourth-order valence-electron chi connectivity index (χ4n) is 3.10. The first-order valence-corrected chi connectivity index (χ1v) is 8.20. The highest BCUT2D eigenvalue weighted by Crippen LogP contribution is 2.17. The molecule has 0 radical (unpaired) electrons. The van der Waals surface area contributed by atoms with Gasteiger partial charge in [-0.2, -0.15) is 0 Å². The van der Waals surface area contributed by atoms with Crippen molar-refractivity contribution < 1.29 is 17.3 Å². The van der Waals surface area contributed by atoms with Gasteiger partial charge in [-0.05, 0) is 31.6 Å². The second-order valence-corrected chi connectivity index (χ2v) is 6.00. The number of piperidine rings is 1. The lowest BCUT2D eigenvalue weighted by molar-refractivity contribution is -0.906. The first-order chi connectivity index (χ1) is 8.36. The Morgan fingerprint density at radius 3 is 2.06 bits per heavy atom. The summed E-state index contributed by atoms with van der Waals surface area (Å²) in [5, 5.41) is 0. The Hall–Kier alpha value is 0.250. The number of rotatable bonds is 9. The molecule has 0 aliphatic carbocycles.